The highest BCUT2D eigenvalue weighted by Gasteiger charge is 2.01. The Balaban J connectivity index is 1.66. The first kappa shape index (κ1) is 12.2. The van der Waals surface area contributed by atoms with E-state index >= 15 is 0 Å². The molecule has 19 heavy (non-hydrogen) atoms. The Bertz CT molecular complexity index is 647. The number of benzene rings is 1. The Morgan fingerprint density at radius 1 is 1.16 bits per heavy atom. The second-order valence-corrected chi connectivity index (χ2v) is 4.92. The second kappa shape index (κ2) is 5.39. The SMILES string of the molecule is Ic1ccc(CNc2ccc(-n3cnnn3)cc2)o1. The summed E-state index contributed by atoms with van der Waals surface area (Å²) in [6.45, 7) is 0.660. The third-order valence-electron chi connectivity index (χ3n) is 2.58. The maximum atomic E-state index is 5.48. The molecule has 0 unspecified atom stereocenters. The van der Waals surface area contributed by atoms with E-state index < -0.39 is 0 Å². The maximum absolute atomic E-state index is 5.48. The predicted octanol–water partition coefficient (Wildman–Crippen LogP) is 2.47. The van der Waals surface area contributed by atoms with Crippen molar-refractivity contribution in [2.24, 2.45) is 0 Å². The van der Waals surface area contributed by atoms with Crippen molar-refractivity contribution >= 4 is 28.3 Å². The van der Waals surface area contributed by atoms with E-state index in [2.05, 4.69) is 43.4 Å². The van der Waals surface area contributed by atoms with Crippen LogP contribution in [0.15, 0.2) is 47.1 Å². The first-order chi connectivity index (χ1) is 9.31. The van der Waals surface area contributed by atoms with E-state index in [1.807, 2.05) is 36.4 Å². The van der Waals surface area contributed by atoms with Gasteiger partial charge >= 0.3 is 0 Å². The number of hydrogen-bond acceptors (Lipinski definition) is 5. The molecule has 3 rings (SSSR count). The fourth-order valence-electron chi connectivity index (χ4n) is 1.65. The third kappa shape index (κ3) is 2.92. The molecule has 3 aromatic rings. The topological polar surface area (TPSA) is 68.8 Å². The first-order valence-electron chi connectivity index (χ1n) is 5.63. The molecule has 0 radical (unpaired) electrons. The molecule has 0 atom stereocenters. The van der Waals surface area contributed by atoms with Crippen LogP contribution in [0.25, 0.3) is 5.69 Å². The summed E-state index contributed by atoms with van der Waals surface area (Å²) in [4.78, 5) is 0. The molecule has 0 saturated carbocycles. The van der Waals surface area contributed by atoms with Gasteiger partial charge in [-0.3, -0.25) is 0 Å². The van der Waals surface area contributed by atoms with Crippen LogP contribution in [0.1, 0.15) is 5.76 Å². The van der Waals surface area contributed by atoms with Gasteiger partial charge in [0.1, 0.15) is 12.1 Å². The second-order valence-electron chi connectivity index (χ2n) is 3.86. The molecule has 0 fully saturated rings. The van der Waals surface area contributed by atoms with E-state index in [4.69, 9.17) is 4.42 Å². The molecule has 0 aliphatic heterocycles. The fraction of sp³-hybridized carbons (Fsp3) is 0.0833. The minimum atomic E-state index is 0.660. The molecule has 2 heterocycles. The quantitative estimate of drug-likeness (QED) is 0.718. The standard InChI is InChI=1S/C12H10IN5O/c13-12-6-5-11(19-12)7-14-9-1-3-10(4-2-9)18-8-15-16-17-18/h1-6,8,14H,7H2. The van der Waals surface area contributed by atoms with Gasteiger partial charge in [0.2, 0.25) is 0 Å². The van der Waals surface area contributed by atoms with Crippen LogP contribution in [0.3, 0.4) is 0 Å². The average Bonchev–Trinajstić information content (AvgIpc) is 3.08. The smallest absolute Gasteiger partial charge is 0.164 e. The van der Waals surface area contributed by atoms with Gasteiger partial charge in [-0.25, -0.2) is 4.68 Å². The van der Waals surface area contributed by atoms with Gasteiger partial charge < -0.3 is 9.73 Å². The minimum Gasteiger partial charge on any atom is -0.454 e. The van der Waals surface area contributed by atoms with Gasteiger partial charge in [0.15, 0.2) is 3.77 Å². The van der Waals surface area contributed by atoms with E-state index in [1.54, 1.807) is 11.0 Å². The molecular formula is C12H10IN5O. The van der Waals surface area contributed by atoms with Crippen molar-refractivity contribution in [1.29, 1.82) is 0 Å². The lowest BCUT2D eigenvalue weighted by atomic mass is 10.3. The lowest BCUT2D eigenvalue weighted by molar-refractivity contribution is 0.493. The molecule has 0 saturated heterocycles. The molecule has 2 aromatic heterocycles. The van der Waals surface area contributed by atoms with Crippen LogP contribution in [-0.2, 0) is 6.54 Å². The molecule has 96 valence electrons. The van der Waals surface area contributed by atoms with Gasteiger partial charge in [-0.15, -0.1) is 5.10 Å². The largest absolute Gasteiger partial charge is 0.454 e. The number of furan rings is 1. The third-order valence-corrected chi connectivity index (χ3v) is 3.16. The van der Waals surface area contributed by atoms with Crippen LogP contribution in [0.4, 0.5) is 5.69 Å². The zero-order chi connectivity index (χ0) is 13.1. The van der Waals surface area contributed by atoms with Gasteiger partial charge in [-0.2, -0.15) is 0 Å². The number of tetrazole rings is 1. The van der Waals surface area contributed by atoms with Crippen LogP contribution in [-0.4, -0.2) is 20.2 Å². The Hall–Kier alpha value is -1.90. The summed E-state index contributed by atoms with van der Waals surface area (Å²) in [5.74, 6) is 0.911. The van der Waals surface area contributed by atoms with Gasteiger partial charge in [0.05, 0.1) is 12.2 Å². The number of hydrogen-bond donors (Lipinski definition) is 1. The summed E-state index contributed by atoms with van der Waals surface area (Å²) < 4.78 is 7.98. The molecule has 0 spiro atoms. The van der Waals surface area contributed by atoms with Crippen molar-refractivity contribution in [3.05, 3.63) is 52.3 Å². The number of aromatic nitrogens is 4. The number of nitrogens with zero attached hydrogens (tertiary/aromatic N) is 4. The zero-order valence-electron chi connectivity index (χ0n) is 9.82. The number of halogens is 1. The van der Waals surface area contributed by atoms with E-state index in [9.17, 15) is 0 Å². The van der Waals surface area contributed by atoms with Crippen molar-refractivity contribution < 1.29 is 4.42 Å². The van der Waals surface area contributed by atoms with Crippen molar-refractivity contribution in [3.8, 4) is 5.69 Å². The van der Waals surface area contributed by atoms with Crippen molar-refractivity contribution in [1.82, 2.24) is 20.2 Å². The monoisotopic (exact) mass is 367 g/mol. The molecule has 0 bridgehead atoms. The highest BCUT2D eigenvalue weighted by atomic mass is 127. The molecule has 7 heteroatoms. The summed E-state index contributed by atoms with van der Waals surface area (Å²) in [6.07, 6.45) is 1.56. The van der Waals surface area contributed by atoms with Gasteiger partial charge in [0.25, 0.3) is 0 Å². The highest BCUT2D eigenvalue weighted by molar-refractivity contribution is 14.1. The zero-order valence-corrected chi connectivity index (χ0v) is 12.0. The summed E-state index contributed by atoms with van der Waals surface area (Å²) in [5.41, 5.74) is 1.94. The fourth-order valence-corrected chi connectivity index (χ4v) is 2.11. The van der Waals surface area contributed by atoms with Crippen LogP contribution in [0, 0.1) is 3.77 Å². The summed E-state index contributed by atoms with van der Waals surface area (Å²) >= 11 is 2.15. The van der Waals surface area contributed by atoms with Crippen molar-refractivity contribution in [3.63, 3.8) is 0 Å². The van der Waals surface area contributed by atoms with Crippen LogP contribution in [0.5, 0.6) is 0 Å². The van der Waals surface area contributed by atoms with E-state index in [-0.39, 0.29) is 0 Å². The lowest BCUT2D eigenvalue weighted by Gasteiger charge is -2.05. The minimum absolute atomic E-state index is 0.660. The van der Waals surface area contributed by atoms with Crippen LogP contribution >= 0.6 is 22.6 Å². The molecular weight excluding hydrogens is 357 g/mol. The molecule has 6 nitrogen and oxygen atoms in total. The number of nitrogens with one attached hydrogen (secondary N) is 1. The maximum Gasteiger partial charge on any atom is 0.164 e. The van der Waals surface area contributed by atoms with Crippen LogP contribution < -0.4 is 5.32 Å². The summed E-state index contributed by atoms with van der Waals surface area (Å²) in [7, 11) is 0. The van der Waals surface area contributed by atoms with Gasteiger partial charge in [-0.1, -0.05) is 0 Å². The van der Waals surface area contributed by atoms with Crippen LogP contribution in [0.2, 0.25) is 0 Å². The number of rotatable bonds is 4. The van der Waals surface area contributed by atoms with E-state index in [0.717, 1.165) is 20.9 Å². The van der Waals surface area contributed by atoms with Gasteiger partial charge in [-0.05, 0) is 69.4 Å². The Morgan fingerprint density at radius 2 is 2.00 bits per heavy atom. The number of anilines is 1. The Morgan fingerprint density at radius 3 is 2.63 bits per heavy atom. The average molecular weight is 367 g/mol. The van der Waals surface area contributed by atoms with Crippen molar-refractivity contribution in [2.45, 2.75) is 6.54 Å². The molecule has 1 aromatic carbocycles. The molecule has 0 amide bonds. The highest BCUT2D eigenvalue weighted by Crippen LogP contribution is 2.15. The van der Waals surface area contributed by atoms with Crippen molar-refractivity contribution in [2.75, 3.05) is 5.32 Å². The van der Waals surface area contributed by atoms with E-state index in [1.165, 1.54) is 0 Å². The Labute approximate surface area is 122 Å². The van der Waals surface area contributed by atoms with Gasteiger partial charge in [0, 0.05) is 5.69 Å². The normalized spacial score (nSPS) is 10.6. The Kier molecular flexibility index (Phi) is 3.45. The molecule has 1 N–H and O–H groups in total. The predicted molar refractivity (Wildman–Crippen MR) is 77.9 cm³/mol. The first-order valence-corrected chi connectivity index (χ1v) is 6.71. The van der Waals surface area contributed by atoms with E-state index in [0.29, 0.717) is 6.54 Å². The summed E-state index contributed by atoms with van der Waals surface area (Å²) in [6, 6.07) is 11.8. The summed E-state index contributed by atoms with van der Waals surface area (Å²) in [5, 5.41) is 14.3. The lowest BCUT2D eigenvalue weighted by Crippen LogP contribution is -1.99. The molecule has 0 aliphatic rings. The molecule has 0 aliphatic carbocycles.